The first kappa shape index (κ1) is 15.1. The first-order valence-corrected chi connectivity index (χ1v) is 6.81. The number of rotatable bonds is 8. The molecule has 1 atom stereocenters. The Morgan fingerprint density at radius 2 is 2.00 bits per heavy atom. The van der Waals surface area contributed by atoms with Crippen LogP contribution in [-0.4, -0.2) is 37.1 Å². The van der Waals surface area contributed by atoms with Crippen molar-refractivity contribution in [1.29, 1.82) is 0 Å². The lowest BCUT2D eigenvalue weighted by atomic mass is 9.85. The second-order valence-corrected chi connectivity index (χ2v) is 5.62. The SMILES string of the molecule is CCCC(C)(CNC)CN(C)Cc1ccncc1. The molecule has 3 heteroatoms. The van der Waals surface area contributed by atoms with Crippen molar-refractivity contribution in [2.45, 2.75) is 33.2 Å². The molecule has 3 nitrogen and oxygen atoms in total. The highest BCUT2D eigenvalue weighted by molar-refractivity contribution is 5.09. The monoisotopic (exact) mass is 249 g/mol. The average molecular weight is 249 g/mol. The molecule has 0 radical (unpaired) electrons. The second kappa shape index (κ2) is 7.49. The summed E-state index contributed by atoms with van der Waals surface area (Å²) in [6.07, 6.45) is 6.22. The van der Waals surface area contributed by atoms with Crippen molar-refractivity contribution in [3.63, 3.8) is 0 Å². The van der Waals surface area contributed by atoms with E-state index in [0.29, 0.717) is 5.41 Å². The van der Waals surface area contributed by atoms with Gasteiger partial charge in [-0.2, -0.15) is 0 Å². The van der Waals surface area contributed by atoms with E-state index in [1.165, 1.54) is 18.4 Å². The predicted octanol–water partition coefficient (Wildman–Crippen LogP) is 2.54. The van der Waals surface area contributed by atoms with E-state index < -0.39 is 0 Å². The predicted molar refractivity (Wildman–Crippen MR) is 77.5 cm³/mol. The van der Waals surface area contributed by atoms with E-state index >= 15 is 0 Å². The fraction of sp³-hybridized carbons (Fsp3) is 0.667. The fourth-order valence-corrected chi connectivity index (χ4v) is 2.76. The van der Waals surface area contributed by atoms with Gasteiger partial charge in [0.15, 0.2) is 0 Å². The molecule has 0 aliphatic heterocycles. The lowest BCUT2D eigenvalue weighted by Crippen LogP contribution is -2.39. The van der Waals surface area contributed by atoms with Crippen LogP contribution in [-0.2, 0) is 6.54 Å². The van der Waals surface area contributed by atoms with Crippen molar-refractivity contribution in [3.05, 3.63) is 30.1 Å². The Morgan fingerprint density at radius 1 is 1.33 bits per heavy atom. The Kier molecular flexibility index (Phi) is 6.30. The molecule has 1 aromatic heterocycles. The molecule has 0 fully saturated rings. The van der Waals surface area contributed by atoms with Gasteiger partial charge in [0, 0.05) is 32.0 Å². The molecule has 0 aliphatic carbocycles. The molecule has 1 N–H and O–H groups in total. The molecule has 0 amide bonds. The quantitative estimate of drug-likeness (QED) is 0.767. The van der Waals surface area contributed by atoms with Crippen LogP contribution in [0.4, 0.5) is 0 Å². The first-order valence-electron chi connectivity index (χ1n) is 6.81. The summed E-state index contributed by atoms with van der Waals surface area (Å²) in [5.74, 6) is 0. The van der Waals surface area contributed by atoms with Crippen LogP contribution < -0.4 is 5.32 Å². The highest BCUT2D eigenvalue weighted by Crippen LogP contribution is 2.24. The van der Waals surface area contributed by atoms with Crippen molar-refractivity contribution in [2.24, 2.45) is 5.41 Å². The van der Waals surface area contributed by atoms with Crippen molar-refractivity contribution >= 4 is 0 Å². The molecule has 18 heavy (non-hydrogen) atoms. The molecule has 0 bridgehead atoms. The van der Waals surface area contributed by atoms with Crippen LogP contribution in [0.25, 0.3) is 0 Å². The summed E-state index contributed by atoms with van der Waals surface area (Å²) >= 11 is 0. The smallest absolute Gasteiger partial charge is 0.0271 e. The van der Waals surface area contributed by atoms with Gasteiger partial charge in [-0.25, -0.2) is 0 Å². The van der Waals surface area contributed by atoms with Crippen LogP contribution in [0.15, 0.2) is 24.5 Å². The molecule has 1 aromatic rings. The molecule has 102 valence electrons. The van der Waals surface area contributed by atoms with Gasteiger partial charge in [-0.1, -0.05) is 20.3 Å². The van der Waals surface area contributed by atoms with Crippen LogP contribution in [0.1, 0.15) is 32.3 Å². The maximum absolute atomic E-state index is 4.06. The fourth-order valence-electron chi connectivity index (χ4n) is 2.76. The minimum absolute atomic E-state index is 0.352. The standard InChI is InChI=1S/C15H27N3/c1-5-8-15(2,12-16-3)13-18(4)11-14-6-9-17-10-7-14/h6-7,9-10,16H,5,8,11-13H2,1-4H3. The van der Waals surface area contributed by atoms with E-state index in [1.807, 2.05) is 19.4 Å². The molecule has 0 saturated heterocycles. The Morgan fingerprint density at radius 3 is 2.56 bits per heavy atom. The van der Waals surface area contributed by atoms with Gasteiger partial charge in [0.1, 0.15) is 0 Å². The van der Waals surface area contributed by atoms with Crippen molar-refractivity contribution in [2.75, 3.05) is 27.2 Å². The molecule has 0 saturated carbocycles. The molecule has 0 aromatic carbocycles. The van der Waals surface area contributed by atoms with Crippen LogP contribution in [0, 0.1) is 5.41 Å². The molecular weight excluding hydrogens is 222 g/mol. The zero-order valence-electron chi connectivity index (χ0n) is 12.2. The van der Waals surface area contributed by atoms with E-state index in [-0.39, 0.29) is 0 Å². The van der Waals surface area contributed by atoms with Crippen molar-refractivity contribution in [3.8, 4) is 0 Å². The number of hydrogen-bond donors (Lipinski definition) is 1. The third-order valence-electron chi connectivity index (χ3n) is 3.31. The molecule has 1 heterocycles. The van der Waals surface area contributed by atoms with Crippen molar-refractivity contribution < 1.29 is 0 Å². The summed E-state index contributed by atoms with van der Waals surface area (Å²) in [7, 11) is 4.24. The molecule has 1 rings (SSSR count). The first-order chi connectivity index (χ1) is 8.59. The summed E-state index contributed by atoms with van der Waals surface area (Å²) in [6, 6.07) is 4.18. The van der Waals surface area contributed by atoms with Gasteiger partial charge < -0.3 is 10.2 Å². The number of pyridine rings is 1. The van der Waals surface area contributed by atoms with Gasteiger partial charge in [0.25, 0.3) is 0 Å². The third-order valence-corrected chi connectivity index (χ3v) is 3.31. The van der Waals surface area contributed by atoms with Gasteiger partial charge >= 0.3 is 0 Å². The lowest BCUT2D eigenvalue weighted by Gasteiger charge is -2.33. The highest BCUT2D eigenvalue weighted by Gasteiger charge is 2.24. The van der Waals surface area contributed by atoms with Gasteiger partial charge in [0.05, 0.1) is 0 Å². The Bertz CT molecular complexity index is 318. The van der Waals surface area contributed by atoms with Gasteiger partial charge in [-0.15, -0.1) is 0 Å². The molecular formula is C15H27N3. The van der Waals surface area contributed by atoms with Crippen LogP contribution in [0.2, 0.25) is 0 Å². The van der Waals surface area contributed by atoms with Crippen LogP contribution in [0.3, 0.4) is 0 Å². The zero-order valence-corrected chi connectivity index (χ0v) is 12.2. The summed E-state index contributed by atoms with van der Waals surface area (Å²) in [5.41, 5.74) is 1.68. The van der Waals surface area contributed by atoms with E-state index in [1.54, 1.807) is 0 Å². The molecule has 0 aliphatic rings. The Balaban J connectivity index is 2.53. The lowest BCUT2D eigenvalue weighted by molar-refractivity contribution is 0.171. The maximum atomic E-state index is 4.06. The van der Waals surface area contributed by atoms with Crippen LogP contribution in [0.5, 0.6) is 0 Å². The normalized spacial score (nSPS) is 14.7. The second-order valence-electron chi connectivity index (χ2n) is 5.62. The Hall–Kier alpha value is -0.930. The third kappa shape index (κ3) is 5.15. The largest absolute Gasteiger partial charge is 0.319 e. The molecule has 1 unspecified atom stereocenters. The van der Waals surface area contributed by atoms with E-state index in [4.69, 9.17) is 0 Å². The average Bonchev–Trinajstić information content (AvgIpc) is 2.30. The maximum Gasteiger partial charge on any atom is 0.0271 e. The summed E-state index contributed by atoms with van der Waals surface area (Å²) < 4.78 is 0. The minimum atomic E-state index is 0.352. The van der Waals surface area contributed by atoms with Gasteiger partial charge in [0.2, 0.25) is 0 Å². The summed E-state index contributed by atoms with van der Waals surface area (Å²) in [6.45, 7) is 7.81. The summed E-state index contributed by atoms with van der Waals surface area (Å²) in [4.78, 5) is 6.46. The van der Waals surface area contributed by atoms with E-state index in [0.717, 1.165) is 19.6 Å². The highest BCUT2D eigenvalue weighted by atomic mass is 15.1. The summed E-state index contributed by atoms with van der Waals surface area (Å²) in [5, 5.41) is 3.33. The minimum Gasteiger partial charge on any atom is -0.319 e. The number of aromatic nitrogens is 1. The number of nitrogens with one attached hydrogen (secondary N) is 1. The van der Waals surface area contributed by atoms with Gasteiger partial charge in [-0.3, -0.25) is 4.98 Å². The number of hydrogen-bond acceptors (Lipinski definition) is 3. The van der Waals surface area contributed by atoms with E-state index in [9.17, 15) is 0 Å². The zero-order chi connectivity index (χ0) is 13.4. The van der Waals surface area contributed by atoms with E-state index in [2.05, 4.69) is 48.2 Å². The number of nitrogens with zero attached hydrogens (tertiary/aromatic N) is 2. The van der Waals surface area contributed by atoms with Gasteiger partial charge in [-0.05, 0) is 43.6 Å². The van der Waals surface area contributed by atoms with Crippen molar-refractivity contribution in [1.82, 2.24) is 15.2 Å². The Labute approximate surface area is 112 Å². The van der Waals surface area contributed by atoms with Crippen LogP contribution >= 0.6 is 0 Å². The molecule has 0 spiro atoms. The topological polar surface area (TPSA) is 28.2 Å².